The van der Waals surface area contributed by atoms with Crippen molar-refractivity contribution in [3.8, 4) is 6.01 Å². The molecule has 1 aliphatic rings. The van der Waals surface area contributed by atoms with Crippen LogP contribution in [0.15, 0.2) is 30.5 Å². The SMILES string of the molecule is CCCCCCOc1ncc(C(F)(F)F)c(N(C)c2cccc(C3CCCCC3)c2)n1. The zero-order chi connectivity index (χ0) is 22.3. The minimum Gasteiger partial charge on any atom is -0.463 e. The van der Waals surface area contributed by atoms with Crippen molar-refractivity contribution in [3.05, 3.63) is 41.6 Å². The van der Waals surface area contributed by atoms with Gasteiger partial charge in [0.25, 0.3) is 0 Å². The first kappa shape index (κ1) is 23.4. The standard InChI is InChI=1S/C24H32F3N3O/c1-3-4-5-9-15-31-23-28-17-21(24(25,26)27)22(29-23)30(2)20-14-10-13-19(16-20)18-11-7-6-8-12-18/h10,13-14,16-18H,3-9,11-12,15H2,1-2H3. The van der Waals surface area contributed by atoms with Crippen LogP contribution in [0.25, 0.3) is 0 Å². The fourth-order valence-corrected chi connectivity index (χ4v) is 4.12. The molecule has 0 atom stereocenters. The smallest absolute Gasteiger partial charge is 0.421 e. The second-order valence-electron chi connectivity index (χ2n) is 8.29. The zero-order valence-corrected chi connectivity index (χ0v) is 18.4. The van der Waals surface area contributed by atoms with Gasteiger partial charge in [0.15, 0.2) is 5.82 Å². The molecule has 0 radical (unpaired) electrons. The molecule has 2 aromatic rings. The average Bonchev–Trinajstić information content (AvgIpc) is 2.78. The lowest BCUT2D eigenvalue weighted by Crippen LogP contribution is -2.20. The molecule has 0 N–H and O–H groups in total. The summed E-state index contributed by atoms with van der Waals surface area (Å²) in [6.07, 6.45) is 6.23. The van der Waals surface area contributed by atoms with Gasteiger partial charge in [-0.25, -0.2) is 4.98 Å². The Kier molecular flexibility index (Phi) is 8.15. The van der Waals surface area contributed by atoms with Crippen molar-refractivity contribution in [3.63, 3.8) is 0 Å². The molecule has 0 aliphatic heterocycles. The number of hydrogen-bond acceptors (Lipinski definition) is 4. The topological polar surface area (TPSA) is 38.2 Å². The van der Waals surface area contributed by atoms with Gasteiger partial charge in [0.2, 0.25) is 0 Å². The second kappa shape index (κ2) is 10.8. The summed E-state index contributed by atoms with van der Waals surface area (Å²) in [7, 11) is 1.61. The third-order valence-corrected chi connectivity index (χ3v) is 5.93. The number of anilines is 2. The number of aromatic nitrogens is 2. The lowest BCUT2D eigenvalue weighted by Gasteiger charge is -2.26. The molecule has 1 aromatic carbocycles. The van der Waals surface area contributed by atoms with Gasteiger partial charge in [-0.2, -0.15) is 18.2 Å². The summed E-state index contributed by atoms with van der Waals surface area (Å²) in [5.74, 6) is 0.281. The maximum Gasteiger partial charge on any atom is 0.421 e. The van der Waals surface area contributed by atoms with E-state index in [2.05, 4.69) is 23.0 Å². The summed E-state index contributed by atoms with van der Waals surface area (Å²) in [6.45, 7) is 2.51. The van der Waals surface area contributed by atoms with Crippen LogP contribution in [0.4, 0.5) is 24.7 Å². The van der Waals surface area contributed by atoms with E-state index in [4.69, 9.17) is 4.74 Å². The van der Waals surface area contributed by atoms with Gasteiger partial charge in [0.05, 0.1) is 6.61 Å². The van der Waals surface area contributed by atoms with Gasteiger partial charge in [-0.15, -0.1) is 0 Å². The predicted molar refractivity (Wildman–Crippen MR) is 117 cm³/mol. The van der Waals surface area contributed by atoms with Crippen LogP contribution in [0.2, 0.25) is 0 Å². The van der Waals surface area contributed by atoms with Crippen LogP contribution in [0.3, 0.4) is 0 Å². The first-order valence-corrected chi connectivity index (χ1v) is 11.3. The number of unbranched alkanes of at least 4 members (excludes halogenated alkanes) is 3. The monoisotopic (exact) mass is 435 g/mol. The van der Waals surface area contributed by atoms with E-state index in [0.717, 1.165) is 44.7 Å². The first-order chi connectivity index (χ1) is 14.9. The molecule has 170 valence electrons. The Balaban J connectivity index is 1.83. The summed E-state index contributed by atoms with van der Waals surface area (Å²) >= 11 is 0. The summed E-state index contributed by atoms with van der Waals surface area (Å²) < 4.78 is 46.6. The van der Waals surface area contributed by atoms with Crippen molar-refractivity contribution in [2.24, 2.45) is 0 Å². The van der Waals surface area contributed by atoms with E-state index in [1.807, 2.05) is 18.2 Å². The number of rotatable bonds is 9. The number of ether oxygens (including phenoxy) is 1. The fraction of sp³-hybridized carbons (Fsp3) is 0.583. The Morgan fingerprint density at radius 3 is 2.58 bits per heavy atom. The Hall–Kier alpha value is -2.31. The van der Waals surface area contributed by atoms with Gasteiger partial charge in [-0.05, 0) is 42.9 Å². The van der Waals surface area contributed by atoms with Gasteiger partial charge in [-0.3, -0.25) is 0 Å². The van der Waals surface area contributed by atoms with Crippen molar-refractivity contribution in [1.29, 1.82) is 0 Å². The summed E-state index contributed by atoms with van der Waals surface area (Å²) in [4.78, 5) is 9.45. The molecule has 0 saturated heterocycles. The normalized spacial score (nSPS) is 15.1. The van der Waals surface area contributed by atoms with Crippen molar-refractivity contribution in [1.82, 2.24) is 9.97 Å². The summed E-state index contributed by atoms with van der Waals surface area (Å²) in [5, 5.41) is 0. The molecule has 4 nitrogen and oxygen atoms in total. The molecule has 1 aliphatic carbocycles. The average molecular weight is 436 g/mol. The number of benzene rings is 1. The van der Waals surface area contributed by atoms with Gasteiger partial charge >= 0.3 is 12.2 Å². The van der Waals surface area contributed by atoms with E-state index in [0.29, 0.717) is 18.2 Å². The highest BCUT2D eigenvalue weighted by Gasteiger charge is 2.37. The largest absolute Gasteiger partial charge is 0.463 e. The van der Waals surface area contributed by atoms with E-state index in [-0.39, 0.29) is 11.8 Å². The highest BCUT2D eigenvalue weighted by molar-refractivity contribution is 5.63. The van der Waals surface area contributed by atoms with Crippen LogP contribution < -0.4 is 9.64 Å². The molecule has 1 fully saturated rings. The van der Waals surface area contributed by atoms with E-state index < -0.39 is 11.7 Å². The predicted octanol–water partition coefficient (Wildman–Crippen LogP) is 7.27. The van der Waals surface area contributed by atoms with E-state index >= 15 is 0 Å². The van der Waals surface area contributed by atoms with Gasteiger partial charge in [0, 0.05) is 18.9 Å². The highest BCUT2D eigenvalue weighted by Crippen LogP contribution is 2.39. The maximum atomic E-state index is 13.7. The zero-order valence-electron chi connectivity index (χ0n) is 18.4. The van der Waals surface area contributed by atoms with E-state index in [1.54, 1.807) is 7.05 Å². The van der Waals surface area contributed by atoms with Crippen LogP contribution in [0.1, 0.15) is 81.8 Å². The molecule has 1 saturated carbocycles. The van der Waals surface area contributed by atoms with E-state index in [1.165, 1.54) is 29.7 Å². The lowest BCUT2D eigenvalue weighted by molar-refractivity contribution is -0.137. The highest BCUT2D eigenvalue weighted by atomic mass is 19.4. The fourth-order valence-electron chi connectivity index (χ4n) is 4.12. The van der Waals surface area contributed by atoms with Crippen LogP contribution in [0.5, 0.6) is 6.01 Å². The number of alkyl halides is 3. The molecular formula is C24H32F3N3O. The first-order valence-electron chi connectivity index (χ1n) is 11.3. The minimum atomic E-state index is -4.55. The molecule has 31 heavy (non-hydrogen) atoms. The minimum absolute atomic E-state index is 0.0187. The molecule has 3 rings (SSSR count). The van der Waals surface area contributed by atoms with Crippen molar-refractivity contribution >= 4 is 11.5 Å². The molecule has 0 bridgehead atoms. The Labute approximate surface area is 182 Å². The molecule has 1 aromatic heterocycles. The van der Waals surface area contributed by atoms with Crippen LogP contribution in [-0.4, -0.2) is 23.6 Å². The number of halogens is 3. The molecular weight excluding hydrogens is 403 g/mol. The number of hydrogen-bond donors (Lipinski definition) is 0. The quantitative estimate of drug-likeness (QED) is 0.388. The third-order valence-electron chi connectivity index (χ3n) is 5.93. The van der Waals surface area contributed by atoms with Crippen LogP contribution in [0, 0.1) is 0 Å². The van der Waals surface area contributed by atoms with Crippen LogP contribution >= 0.6 is 0 Å². The second-order valence-corrected chi connectivity index (χ2v) is 8.29. The van der Waals surface area contributed by atoms with E-state index in [9.17, 15) is 13.2 Å². The van der Waals surface area contributed by atoms with Crippen molar-refractivity contribution < 1.29 is 17.9 Å². The Morgan fingerprint density at radius 1 is 1.10 bits per heavy atom. The van der Waals surface area contributed by atoms with Crippen LogP contribution in [-0.2, 0) is 6.18 Å². The summed E-state index contributed by atoms with van der Waals surface area (Å²) in [5.41, 5.74) is 0.997. The van der Waals surface area contributed by atoms with Crippen molar-refractivity contribution in [2.45, 2.75) is 76.8 Å². The Morgan fingerprint density at radius 2 is 1.87 bits per heavy atom. The molecule has 1 heterocycles. The molecule has 7 heteroatoms. The molecule has 0 unspecified atom stereocenters. The number of nitrogens with zero attached hydrogens (tertiary/aromatic N) is 3. The van der Waals surface area contributed by atoms with Gasteiger partial charge in [-0.1, -0.05) is 57.6 Å². The summed E-state index contributed by atoms with van der Waals surface area (Å²) in [6, 6.07) is 7.77. The lowest BCUT2D eigenvalue weighted by atomic mass is 9.84. The molecule has 0 amide bonds. The van der Waals surface area contributed by atoms with Gasteiger partial charge in [0.1, 0.15) is 5.56 Å². The Bertz CT molecular complexity index is 835. The van der Waals surface area contributed by atoms with Gasteiger partial charge < -0.3 is 9.64 Å². The third kappa shape index (κ3) is 6.34. The maximum absolute atomic E-state index is 13.7. The molecule has 0 spiro atoms. The van der Waals surface area contributed by atoms with Crippen molar-refractivity contribution in [2.75, 3.05) is 18.6 Å².